The summed E-state index contributed by atoms with van der Waals surface area (Å²) in [5.41, 5.74) is 0. The minimum atomic E-state index is 0. The second-order valence-electron chi connectivity index (χ2n) is 5.65. The molecule has 3 rings (SSSR count). The molecule has 1 N–H and O–H groups in total. The van der Waals surface area contributed by atoms with Crippen LogP contribution in [0.1, 0.15) is 30.6 Å². The van der Waals surface area contributed by atoms with Gasteiger partial charge in [0, 0.05) is 21.9 Å². The number of likely N-dealkylation sites (tertiary alicyclic amines) is 1. The first kappa shape index (κ1) is 17.0. The Hall–Kier alpha value is 0.680. The molecular formula is C14H21BrCl2N2S. The highest BCUT2D eigenvalue weighted by molar-refractivity contribution is 9.10. The smallest absolute Gasteiger partial charge is 0.107 e. The molecule has 2 fully saturated rings. The molecule has 0 radical (unpaired) electrons. The number of nitrogens with one attached hydrogen (secondary N) is 1. The van der Waals surface area contributed by atoms with Gasteiger partial charge in [0.2, 0.25) is 0 Å². The third-order valence-electron chi connectivity index (χ3n) is 4.38. The Bertz CT molecular complexity index is 407. The highest BCUT2D eigenvalue weighted by atomic mass is 79.9. The lowest BCUT2D eigenvalue weighted by atomic mass is 9.88. The summed E-state index contributed by atoms with van der Waals surface area (Å²) in [6, 6.07) is 2.96. The Morgan fingerprint density at radius 3 is 2.65 bits per heavy atom. The summed E-state index contributed by atoms with van der Waals surface area (Å²) < 4.78 is 1.92. The molecule has 0 bridgehead atoms. The third kappa shape index (κ3) is 4.11. The fraction of sp³-hybridized carbons (Fsp3) is 0.714. The van der Waals surface area contributed by atoms with Crippen LogP contribution in [0.5, 0.6) is 0 Å². The summed E-state index contributed by atoms with van der Waals surface area (Å²) in [5, 5.41) is 3.66. The van der Waals surface area contributed by atoms with Crippen molar-refractivity contribution >= 4 is 51.3 Å². The maximum absolute atomic E-state index is 6.10. The molecule has 0 amide bonds. The largest absolute Gasteiger partial charge is 0.314 e. The first-order valence-electron chi connectivity index (χ1n) is 7.12. The predicted octanol–water partition coefficient (Wildman–Crippen LogP) is 4.55. The van der Waals surface area contributed by atoms with E-state index in [-0.39, 0.29) is 12.4 Å². The van der Waals surface area contributed by atoms with E-state index in [0.29, 0.717) is 0 Å². The standard InChI is InChI=1S/C14H20BrClN2S.ClH/c15-12-8-11(19-14(12)16)9-18-6-3-10(4-7-18)13-2-1-5-17-13;/h8,10,13,17H,1-7,9H2;1H. The van der Waals surface area contributed by atoms with Gasteiger partial charge in [-0.2, -0.15) is 0 Å². The molecule has 1 aromatic rings. The number of piperidine rings is 1. The van der Waals surface area contributed by atoms with Crippen molar-refractivity contribution in [1.82, 2.24) is 10.2 Å². The van der Waals surface area contributed by atoms with Crippen molar-refractivity contribution in [3.63, 3.8) is 0 Å². The van der Waals surface area contributed by atoms with Crippen molar-refractivity contribution in [3.8, 4) is 0 Å². The number of nitrogens with zero attached hydrogens (tertiary/aromatic N) is 1. The van der Waals surface area contributed by atoms with E-state index < -0.39 is 0 Å². The number of thiophene rings is 1. The molecule has 114 valence electrons. The first-order valence-corrected chi connectivity index (χ1v) is 9.10. The summed E-state index contributed by atoms with van der Waals surface area (Å²) in [6.07, 6.45) is 5.45. The molecular weight excluding hydrogens is 379 g/mol. The van der Waals surface area contributed by atoms with Gasteiger partial charge in [-0.3, -0.25) is 4.90 Å². The third-order valence-corrected chi connectivity index (χ3v) is 6.83. The van der Waals surface area contributed by atoms with E-state index in [9.17, 15) is 0 Å². The van der Waals surface area contributed by atoms with Crippen LogP contribution in [-0.4, -0.2) is 30.6 Å². The average molecular weight is 400 g/mol. The van der Waals surface area contributed by atoms with E-state index in [1.807, 2.05) is 0 Å². The predicted molar refractivity (Wildman–Crippen MR) is 93.3 cm³/mol. The van der Waals surface area contributed by atoms with E-state index in [2.05, 4.69) is 32.2 Å². The van der Waals surface area contributed by atoms with E-state index in [4.69, 9.17) is 11.6 Å². The maximum atomic E-state index is 6.10. The molecule has 2 nitrogen and oxygen atoms in total. The minimum absolute atomic E-state index is 0. The van der Waals surface area contributed by atoms with Gasteiger partial charge in [-0.15, -0.1) is 23.7 Å². The Balaban J connectivity index is 0.00000147. The zero-order valence-electron chi connectivity index (χ0n) is 11.4. The fourth-order valence-corrected chi connectivity index (χ4v) is 5.15. The summed E-state index contributed by atoms with van der Waals surface area (Å²) in [5.74, 6) is 0.900. The average Bonchev–Trinajstić information content (AvgIpc) is 3.02. The SMILES string of the molecule is Cl.Clc1sc(CN2CCC(C3CCCN3)CC2)cc1Br. The van der Waals surface area contributed by atoms with Crippen LogP contribution in [0.2, 0.25) is 4.34 Å². The van der Waals surface area contributed by atoms with Crippen molar-refractivity contribution in [2.75, 3.05) is 19.6 Å². The van der Waals surface area contributed by atoms with Gasteiger partial charge in [-0.05, 0) is 73.2 Å². The van der Waals surface area contributed by atoms with Gasteiger partial charge in [0.05, 0.1) is 0 Å². The zero-order valence-corrected chi connectivity index (χ0v) is 15.4. The van der Waals surface area contributed by atoms with Gasteiger partial charge < -0.3 is 5.32 Å². The molecule has 0 aromatic carbocycles. The van der Waals surface area contributed by atoms with Crippen LogP contribution in [0.15, 0.2) is 10.5 Å². The zero-order chi connectivity index (χ0) is 13.2. The Morgan fingerprint density at radius 1 is 1.35 bits per heavy atom. The van der Waals surface area contributed by atoms with E-state index >= 15 is 0 Å². The Labute approximate surface area is 144 Å². The van der Waals surface area contributed by atoms with Crippen molar-refractivity contribution in [2.24, 2.45) is 5.92 Å². The van der Waals surface area contributed by atoms with Crippen molar-refractivity contribution in [3.05, 3.63) is 19.8 Å². The second-order valence-corrected chi connectivity index (χ2v) is 8.24. The van der Waals surface area contributed by atoms with Gasteiger partial charge in [0.1, 0.15) is 4.34 Å². The Kier molecular flexibility index (Phi) is 6.64. The molecule has 0 spiro atoms. The highest BCUT2D eigenvalue weighted by Crippen LogP contribution is 2.33. The van der Waals surface area contributed by atoms with Crippen LogP contribution >= 0.6 is 51.3 Å². The van der Waals surface area contributed by atoms with Crippen LogP contribution in [0.3, 0.4) is 0 Å². The summed E-state index contributed by atoms with van der Waals surface area (Å²) in [6.45, 7) is 4.75. The van der Waals surface area contributed by atoms with Crippen molar-refractivity contribution in [1.29, 1.82) is 0 Å². The molecule has 1 atom stereocenters. The quantitative estimate of drug-likeness (QED) is 0.801. The summed E-state index contributed by atoms with van der Waals surface area (Å²) in [7, 11) is 0. The highest BCUT2D eigenvalue weighted by Gasteiger charge is 2.28. The number of hydrogen-bond donors (Lipinski definition) is 1. The van der Waals surface area contributed by atoms with Crippen molar-refractivity contribution < 1.29 is 0 Å². The number of halogens is 3. The van der Waals surface area contributed by atoms with Gasteiger partial charge in [0.25, 0.3) is 0 Å². The topological polar surface area (TPSA) is 15.3 Å². The number of rotatable bonds is 3. The Morgan fingerprint density at radius 2 is 2.10 bits per heavy atom. The van der Waals surface area contributed by atoms with Crippen LogP contribution < -0.4 is 5.32 Å². The monoisotopic (exact) mass is 398 g/mol. The van der Waals surface area contributed by atoms with Gasteiger partial charge in [-0.25, -0.2) is 0 Å². The lowest BCUT2D eigenvalue weighted by Crippen LogP contribution is -2.40. The van der Waals surface area contributed by atoms with Crippen LogP contribution in [0.25, 0.3) is 0 Å². The summed E-state index contributed by atoms with van der Waals surface area (Å²) >= 11 is 11.3. The van der Waals surface area contributed by atoms with Crippen molar-refractivity contribution in [2.45, 2.75) is 38.3 Å². The molecule has 2 saturated heterocycles. The van der Waals surface area contributed by atoms with Gasteiger partial charge in [0.15, 0.2) is 0 Å². The van der Waals surface area contributed by atoms with Crippen LogP contribution in [0, 0.1) is 5.92 Å². The lowest BCUT2D eigenvalue weighted by molar-refractivity contribution is 0.158. The lowest BCUT2D eigenvalue weighted by Gasteiger charge is -2.34. The summed E-state index contributed by atoms with van der Waals surface area (Å²) in [4.78, 5) is 3.94. The molecule has 0 aliphatic carbocycles. The molecule has 3 heterocycles. The van der Waals surface area contributed by atoms with Crippen LogP contribution in [0.4, 0.5) is 0 Å². The van der Waals surface area contributed by atoms with E-state index in [0.717, 1.165) is 27.3 Å². The maximum Gasteiger partial charge on any atom is 0.107 e. The minimum Gasteiger partial charge on any atom is -0.314 e. The first-order chi connectivity index (χ1) is 9.22. The van der Waals surface area contributed by atoms with E-state index in [1.54, 1.807) is 11.3 Å². The molecule has 0 saturated carbocycles. The molecule has 2 aliphatic rings. The molecule has 2 aliphatic heterocycles. The van der Waals surface area contributed by atoms with E-state index in [1.165, 1.54) is 50.2 Å². The second kappa shape index (κ2) is 7.80. The number of hydrogen-bond acceptors (Lipinski definition) is 3. The molecule has 20 heavy (non-hydrogen) atoms. The fourth-order valence-electron chi connectivity index (χ4n) is 3.32. The molecule has 1 aromatic heterocycles. The normalized spacial score (nSPS) is 24.8. The van der Waals surface area contributed by atoms with Crippen LogP contribution in [-0.2, 0) is 6.54 Å². The molecule has 6 heteroatoms. The van der Waals surface area contributed by atoms with Gasteiger partial charge >= 0.3 is 0 Å². The molecule has 1 unspecified atom stereocenters. The van der Waals surface area contributed by atoms with Gasteiger partial charge in [-0.1, -0.05) is 11.6 Å².